The van der Waals surface area contributed by atoms with Gasteiger partial charge in [0.2, 0.25) is 0 Å². The number of cyclic esters (lactones) is 2. The first kappa shape index (κ1) is 11.1. The van der Waals surface area contributed by atoms with Gasteiger partial charge < -0.3 is 9.47 Å². The van der Waals surface area contributed by atoms with Crippen LogP contribution in [0.25, 0.3) is 0 Å². The number of allylic oxidation sites excluding steroid dienone is 1. The maximum Gasteiger partial charge on any atom is 0.509 e. The number of ether oxygens (including phenoxy) is 2. The maximum atomic E-state index is 10.5. The number of unbranched alkanes of at least 4 members (excludes halogenated alkanes) is 4. The van der Waals surface area contributed by atoms with E-state index in [-0.39, 0.29) is 6.10 Å². The van der Waals surface area contributed by atoms with Gasteiger partial charge in [-0.2, -0.15) is 0 Å². The topological polar surface area (TPSA) is 35.5 Å². The molecule has 1 rings (SSSR count). The molecule has 0 spiro atoms. The van der Waals surface area contributed by atoms with Gasteiger partial charge in [0.25, 0.3) is 0 Å². The van der Waals surface area contributed by atoms with Crippen LogP contribution in [0.1, 0.15) is 39.0 Å². The van der Waals surface area contributed by atoms with E-state index in [1.165, 1.54) is 25.7 Å². The second-order valence-electron chi connectivity index (χ2n) is 3.49. The number of hydrogen-bond donors (Lipinski definition) is 0. The van der Waals surface area contributed by atoms with Gasteiger partial charge in [-0.25, -0.2) is 4.79 Å². The molecule has 0 aromatic heterocycles. The average molecular weight is 198 g/mol. The summed E-state index contributed by atoms with van der Waals surface area (Å²) in [6.07, 6.45) is 9.40. The van der Waals surface area contributed by atoms with Gasteiger partial charge in [-0.3, -0.25) is 0 Å². The third-order valence-electron chi connectivity index (χ3n) is 2.19. The third-order valence-corrected chi connectivity index (χ3v) is 2.19. The summed E-state index contributed by atoms with van der Waals surface area (Å²) < 4.78 is 9.49. The largest absolute Gasteiger partial charge is 0.509 e. The van der Waals surface area contributed by atoms with Crippen LogP contribution in [0.4, 0.5) is 4.79 Å². The molecule has 0 aromatic rings. The molecule has 3 nitrogen and oxygen atoms in total. The SMILES string of the molecule is CCCCCC/C=C/[C@@H]1COC(=O)O1. The fourth-order valence-corrected chi connectivity index (χ4v) is 1.37. The molecule has 1 aliphatic heterocycles. The van der Waals surface area contributed by atoms with Crippen LogP contribution < -0.4 is 0 Å². The Morgan fingerprint density at radius 2 is 2.29 bits per heavy atom. The molecular weight excluding hydrogens is 180 g/mol. The first-order chi connectivity index (χ1) is 6.83. The summed E-state index contributed by atoms with van der Waals surface area (Å²) in [6.45, 7) is 2.56. The lowest BCUT2D eigenvalue weighted by Crippen LogP contribution is -2.04. The zero-order valence-electron chi connectivity index (χ0n) is 8.70. The van der Waals surface area contributed by atoms with Gasteiger partial charge >= 0.3 is 6.16 Å². The normalized spacial score (nSPS) is 21.2. The molecule has 0 radical (unpaired) electrons. The van der Waals surface area contributed by atoms with E-state index in [9.17, 15) is 4.79 Å². The molecule has 1 atom stereocenters. The van der Waals surface area contributed by atoms with Crippen LogP contribution in [0.15, 0.2) is 12.2 Å². The lowest BCUT2D eigenvalue weighted by atomic mass is 10.1. The standard InChI is InChI=1S/C11H18O3/c1-2-3-4-5-6-7-8-10-9-13-11(12)14-10/h7-8,10H,2-6,9H2,1H3/b8-7+/t10-/m1/s1. The van der Waals surface area contributed by atoms with E-state index in [1.807, 2.05) is 6.08 Å². The predicted octanol–water partition coefficient (Wildman–Crippen LogP) is 3.05. The van der Waals surface area contributed by atoms with Crippen LogP contribution in [0.5, 0.6) is 0 Å². The van der Waals surface area contributed by atoms with Crippen molar-refractivity contribution < 1.29 is 14.3 Å². The van der Waals surface area contributed by atoms with Crippen molar-refractivity contribution in [1.82, 2.24) is 0 Å². The smallest absolute Gasteiger partial charge is 0.430 e. The molecule has 3 heteroatoms. The van der Waals surface area contributed by atoms with E-state index in [1.54, 1.807) is 0 Å². The number of carbonyl (C=O) groups is 1. The van der Waals surface area contributed by atoms with Crippen molar-refractivity contribution in [2.75, 3.05) is 6.61 Å². The summed E-state index contributed by atoms with van der Waals surface area (Å²) in [5.74, 6) is 0. The molecular formula is C11H18O3. The quantitative estimate of drug-likeness (QED) is 0.374. The van der Waals surface area contributed by atoms with Gasteiger partial charge in [0.15, 0.2) is 6.10 Å². The van der Waals surface area contributed by atoms with Crippen LogP contribution >= 0.6 is 0 Å². The van der Waals surface area contributed by atoms with E-state index in [2.05, 4.69) is 17.7 Å². The van der Waals surface area contributed by atoms with Crippen LogP contribution in [-0.2, 0) is 9.47 Å². The first-order valence-corrected chi connectivity index (χ1v) is 5.33. The fourth-order valence-electron chi connectivity index (χ4n) is 1.37. The minimum Gasteiger partial charge on any atom is -0.430 e. The van der Waals surface area contributed by atoms with E-state index in [0.717, 1.165) is 6.42 Å². The second-order valence-corrected chi connectivity index (χ2v) is 3.49. The number of rotatable bonds is 6. The molecule has 0 N–H and O–H groups in total. The third kappa shape index (κ3) is 4.30. The molecule has 1 fully saturated rings. The summed E-state index contributed by atoms with van der Waals surface area (Å²) in [7, 11) is 0. The van der Waals surface area contributed by atoms with Gasteiger partial charge in [-0.15, -0.1) is 0 Å². The Bertz CT molecular complexity index is 199. The number of hydrogen-bond acceptors (Lipinski definition) is 3. The average Bonchev–Trinajstić information content (AvgIpc) is 2.58. The fraction of sp³-hybridized carbons (Fsp3) is 0.727. The second kappa shape index (κ2) is 6.46. The molecule has 0 saturated carbocycles. The lowest BCUT2D eigenvalue weighted by Gasteiger charge is -1.98. The highest BCUT2D eigenvalue weighted by molar-refractivity contribution is 5.62. The Hall–Kier alpha value is -0.990. The minimum absolute atomic E-state index is 0.159. The Kier molecular flexibility index (Phi) is 5.12. The van der Waals surface area contributed by atoms with Gasteiger partial charge in [0.05, 0.1) is 0 Å². The molecule has 0 bridgehead atoms. The summed E-state index contributed by atoms with van der Waals surface area (Å²) in [5, 5.41) is 0. The molecule has 1 heterocycles. The van der Waals surface area contributed by atoms with Crippen LogP contribution in [0, 0.1) is 0 Å². The van der Waals surface area contributed by atoms with Gasteiger partial charge in [0, 0.05) is 0 Å². The van der Waals surface area contributed by atoms with Gasteiger partial charge in [-0.05, 0) is 18.9 Å². The molecule has 0 unspecified atom stereocenters. The first-order valence-electron chi connectivity index (χ1n) is 5.33. The Morgan fingerprint density at radius 3 is 2.93 bits per heavy atom. The van der Waals surface area contributed by atoms with Crippen molar-refractivity contribution >= 4 is 6.16 Å². The molecule has 80 valence electrons. The highest BCUT2D eigenvalue weighted by Gasteiger charge is 2.21. The molecule has 1 saturated heterocycles. The zero-order chi connectivity index (χ0) is 10.2. The van der Waals surface area contributed by atoms with E-state index in [0.29, 0.717) is 6.61 Å². The van der Waals surface area contributed by atoms with E-state index in [4.69, 9.17) is 4.74 Å². The molecule has 14 heavy (non-hydrogen) atoms. The van der Waals surface area contributed by atoms with Crippen molar-refractivity contribution in [3.05, 3.63) is 12.2 Å². The van der Waals surface area contributed by atoms with Crippen molar-refractivity contribution in [2.45, 2.75) is 45.1 Å². The van der Waals surface area contributed by atoms with Crippen LogP contribution in [0.3, 0.4) is 0 Å². The van der Waals surface area contributed by atoms with Crippen LogP contribution in [0.2, 0.25) is 0 Å². The highest BCUT2D eigenvalue weighted by atomic mass is 16.8. The van der Waals surface area contributed by atoms with Gasteiger partial charge in [-0.1, -0.05) is 32.3 Å². The predicted molar refractivity (Wildman–Crippen MR) is 54.1 cm³/mol. The zero-order valence-corrected chi connectivity index (χ0v) is 8.70. The monoisotopic (exact) mass is 198 g/mol. The summed E-state index contributed by atoms with van der Waals surface area (Å²) in [5.41, 5.74) is 0. The Labute approximate surface area is 85.1 Å². The number of carbonyl (C=O) groups excluding carboxylic acids is 1. The van der Waals surface area contributed by atoms with E-state index < -0.39 is 6.16 Å². The lowest BCUT2D eigenvalue weighted by molar-refractivity contribution is 0.125. The maximum absolute atomic E-state index is 10.5. The Morgan fingerprint density at radius 1 is 1.43 bits per heavy atom. The summed E-state index contributed by atoms with van der Waals surface area (Å²) in [4.78, 5) is 10.5. The minimum atomic E-state index is -0.550. The summed E-state index contributed by atoms with van der Waals surface area (Å²) in [6, 6.07) is 0. The molecule has 0 aliphatic carbocycles. The Balaban J connectivity index is 2.00. The molecule has 1 aliphatic rings. The molecule has 0 amide bonds. The van der Waals surface area contributed by atoms with E-state index >= 15 is 0 Å². The summed E-state index contributed by atoms with van der Waals surface area (Å²) >= 11 is 0. The molecule has 0 aromatic carbocycles. The van der Waals surface area contributed by atoms with Crippen LogP contribution in [-0.4, -0.2) is 18.9 Å². The van der Waals surface area contributed by atoms with Gasteiger partial charge in [0.1, 0.15) is 6.61 Å². The van der Waals surface area contributed by atoms with Crippen molar-refractivity contribution in [1.29, 1.82) is 0 Å². The highest BCUT2D eigenvalue weighted by Crippen LogP contribution is 2.09. The van der Waals surface area contributed by atoms with Crippen molar-refractivity contribution in [2.24, 2.45) is 0 Å². The van der Waals surface area contributed by atoms with Crippen molar-refractivity contribution in [3.8, 4) is 0 Å². The van der Waals surface area contributed by atoms with Crippen molar-refractivity contribution in [3.63, 3.8) is 0 Å².